The topological polar surface area (TPSA) is 87.1 Å². The van der Waals surface area contributed by atoms with E-state index in [2.05, 4.69) is 15.1 Å². The van der Waals surface area contributed by atoms with Crippen molar-refractivity contribution >= 4 is 11.8 Å². The summed E-state index contributed by atoms with van der Waals surface area (Å²) < 4.78 is 1.67. The molecule has 8 nitrogen and oxygen atoms in total. The molecule has 2 aliphatic heterocycles. The van der Waals surface area contributed by atoms with Crippen LogP contribution in [0.3, 0.4) is 0 Å². The molecule has 28 heavy (non-hydrogen) atoms. The van der Waals surface area contributed by atoms with Crippen LogP contribution in [0, 0.1) is 12.3 Å². The molecule has 150 valence electrons. The van der Waals surface area contributed by atoms with Gasteiger partial charge in [0.2, 0.25) is 5.91 Å². The second kappa shape index (κ2) is 7.41. The number of aromatic amines is 1. The van der Waals surface area contributed by atoms with Gasteiger partial charge in [0.05, 0.1) is 12.0 Å². The Bertz CT molecular complexity index is 858. The van der Waals surface area contributed by atoms with Crippen LogP contribution in [0.15, 0.2) is 18.6 Å². The smallest absolute Gasteiger partial charge is 0.272 e. The number of H-pyrrole nitrogens is 1. The van der Waals surface area contributed by atoms with Gasteiger partial charge in [-0.25, -0.2) is 4.98 Å². The van der Waals surface area contributed by atoms with Crippen LogP contribution >= 0.6 is 0 Å². The highest BCUT2D eigenvalue weighted by molar-refractivity contribution is 5.92. The zero-order chi connectivity index (χ0) is 19.7. The number of imidazole rings is 1. The molecule has 0 radical (unpaired) electrons. The van der Waals surface area contributed by atoms with E-state index in [0.29, 0.717) is 25.2 Å². The van der Waals surface area contributed by atoms with Gasteiger partial charge in [-0.2, -0.15) is 5.10 Å². The molecule has 1 spiro atoms. The zero-order valence-electron chi connectivity index (χ0n) is 16.6. The lowest BCUT2D eigenvalue weighted by atomic mass is 9.73. The maximum Gasteiger partial charge on any atom is 0.272 e. The second-order valence-corrected chi connectivity index (χ2v) is 8.27. The van der Waals surface area contributed by atoms with Gasteiger partial charge in [-0.15, -0.1) is 0 Å². The van der Waals surface area contributed by atoms with Crippen molar-refractivity contribution in [2.45, 2.75) is 39.0 Å². The van der Waals surface area contributed by atoms with E-state index in [4.69, 9.17) is 0 Å². The summed E-state index contributed by atoms with van der Waals surface area (Å²) >= 11 is 0. The van der Waals surface area contributed by atoms with Gasteiger partial charge in [0.1, 0.15) is 5.69 Å². The van der Waals surface area contributed by atoms with Gasteiger partial charge in [-0.1, -0.05) is 0 Å². The van der Waals surface area contributed by atoms with Gasteiger partial charge in [0.25, 0.3) is 5.91 Å². The lowest BCUT2D eigenvalue weighted by Crippen LogP contribution is -2.55. The molecule has 4 rings (SSSR count). The van der Waals surface area contributed by atoms with Crippen LogP contribution in [0.2, 0.25) is 0 Å². The molecule has 1 atom stereocenters. The van der Waals surface area contributed by atoms with Gasteiger partial charge in [0.15, 0.2) is 0 Å². The van der Waals surface area contributed by atoms with Crippen molar-refractivity contribution in [1.29, 1.82) is 0 Å². The standard InChI is InChI=1S/C20H28N6O2/c1-15-10-17(24(2)23-15)19(28)26-8-3-6-20(13-26)7-4-18(27)25(12-20)9-5-16-11-21-14-22-16/h10-11,14H,3-9,12-13H2,1-2H3,(H,21,22). The van der Waals surface area contributed by atoms with Gasteiger partial charge in [0, 0.05) is 63.4 Å². The first-order chi connectivity index (χ1) is 13.5. The summed E-state index contributed by atoms with van der Waals surface area (Å²) in [5, 5.41) is 4.31. The number of hydrogen-bond donors (Lipinski definition) is 1. The third-order valence-electron chi connectivity index (χ3n) is 6.12. The lowest BCUT2D eigenvalue weighted by Gasteiger charge is -2.48. The molecule has 2 fully saturated rings. The largest absolute Gasteiger partial charge is 0.348 e. The number of carbonyl (C=O) groups excluding carboxylic acids is 2. The molecule has 0 saturated carbocycles. The molecule has 1 unspecified atom stereocenters. The van der Waals surface area contributed by atoms with Crippen molar-refractivity contribution in [3.63, 3.8) is 0 Å². The van der Waals surface area contributed by atoms with Crippen molar-refractivity contribution in [3.05, 3.63) is 35.7 Å². The predicted molar refractivity (Wildman–Crippen MR) is 104 cm³/mol. The highest BCUT2D eigenvalue weighted by Crippen LogP contribution is 2.39. The fraction of sp³-hybridized carbons (Fsp3) is 0.600. The quantitative estimate of drug-likeness (QED) is 0.866. The minimum absolute atomic E-state index is 0.00342. The molecule has 2 aromatic rings. The molecule has 2 aromatic heterocycles. The van der Waals surface area contributed by atoms with Crippen molar-refractivity contribution in [2.24, 2.45) is 12.5 Å². The van der Waals surface area contributed by atoms with Crippen LogP contribution in [-0.2, 0) is 18.3 Å². The minimum atomic E-state index is 0.00342. The number of piperidine rings is 2. The summed E-state index contributed by atoms with van der Waals surface area (Å²) in [6.45, 7) is 4.81. The van der Waals surface area contributed by atoms with Crippen molar-refractivity contribution in [3.8, 4) is 0 Å². The number of rotatable bonds is 4. The van der Waals surface area contributed by atoms with Crippen molar-refractivity contribution < 1.29 is 9.59 Å². The average molecular weight is 384 g/mol. The molecular weight excluding hydrogens is 356 g/mol. The highest BCUT2D eigenvalue weighted by atomic mass is 16.2. The van der Waals surface area contributed by atoms with E-state index in [9.17, 15) is 9.59 Å². The van der Waals surface area contributed by atoms with Gasteiger partial charge < -0.3 is 14.8 Å². The molecule has 0 aliphatic carbocycles. The number of amides is 2. The molecular formula is C20H28N6O2. The van der Waals surface area contributed by atoms with Gasteiger partial charge in [-0.05, 0) is 32.3 Å². The van der Waals surface area contributed by atoms with E-state index >= 15 is 0 Å². The Morgan fingerprint density at radius 1 is 1.32 bits per heavy atom. The number of nitrogens with zero attached hydrogens (tertiary/aromatic N) is 5. The Balaban J connectivity index is 1.45. The number of aromatic nitrogens is 4. The average Bonchev–Trinajstić information content (AvgIpc) is 3.31. The van der Waals surface area contributed by atoms with Gasteiger partial charge in [-0.3, -0.25) is 14.3 Å². The van der Waals surface area contributed by atoms with Gasteiger partial charge >= 0.3 is 0 Å². The van der Waals surface area contributed by atoms with E-state index in [-0.39, 0.29) is 17.2 Å². The van der Waals surface area contributed by atoms with E-state index in [1.165, 1.54) is 0 Å². The maximum absolute atomic E-state index is 13.1. The van der Waals surface area contributed by atoms with Crippen molar-refractivity contribution in [1.82, 2.24) is 29.5 Å². The first kappa shape index (κ1) is 18.7. The molecule has 2 amide bonds. The Morgan fingerprint density at radius 3 is 2.89 bits per heavy atom. The molecule has 2 saturated heterocycles. The van der Waals surface area contributed by atoms with E-state index < -0.39 is 0 Å². The third-order valence-corrected chi connectivity index (χ3v) is 6.12. The summed E-state index contributed by atoms with van der Waals surface area (Å²) in [5.41, 5.74) is 2.53. The summed E-state index contributed by atoms with van der Waals surface area (Å²) in [6, 6.07) is 1.85. The van der Waals surface area contributed by atoms with E-state index in [1.54, 1.807) is 17.2 Å². The van der Waals surface area contributed by atoms with Crippen LogP contribution in [-0.4, -0.2) is 67.5 Å². The normalized spacial score (nSPS) is 22.9. The van der Waals surface area contributed by atoms with E-state index in [0.717, 1.165) is 50.2 Å². The Labute approximate surface area is 164 Å². The van der Waals surface area contributed by atoms with Crippen LogP contribution in [0.4, 0.5) is 0 Å². The Morgan fingerprint density at radius 2 is 2.18 bits per heavy atom. The van der Waals surface area contributed by atoms with Crippen LogP contribution < -0.4 is 0 Å². The first-order valence-corrected chi connectivity index (χ1v) is 10.0. The summed E-state index contributed by atoms with van der Waals surface area (Å²) in [6.07, 6.45) is 7.72. The minimum Gasteiger partial charge on any atom is -0.348 e. The maximum atomic E-state index is 13.1. The lowest BCUT2D eigenvalue weighted by molar-refractivity contribution is -0.138. The monoisotopic (exact) mass is 384 g/mol. The van der Waals surface area contributed by atoms with E-state index in [1.807, 2.05) is 29.8 Å². The third kappa shape index (κ3) is 3.68. The highest BCUT2D eigenvalue weighted by Gasteiger charge is 2.43. The molecule has 0 bridgehead atoms. The molecule has 4 heterocycles. The second-order valence-electron chi connectivity index (χ2n) is 8.27. The number of nitrogens with one attached hydrogen (secondary N) is 1. The summed E-state index contributed by atoms with van der Waals surface area (Å²) in [4.78, 5) is 36.6. The summed E-state index contributed by atoms with van der Waals surface area (Å²) in [7, 11) is 1.82. The number of likely N-dealkylation sites (tertiary alicyclic amines) is 2. The summed E-state index contributed by atoms with van der Waals surface area (Å²) in [5.74, 6) is 0.263. The molecule has 2 aliphatic rings. The molecule has 1 N–H and O–H groups in total. The number of carbonyl (C=O) groups is 2. The van der Waals surface area contributed by atoms with Crippen LogP contribution in [0.25, 0.3) is 0 Å². The molecule has 0 aromatic carbocycles. The Kier molecular flexibility index (Phi) is 4.95. The number of hydrogen-bond acceptors (Lipinski definition) is 4. The van der Waals surface area contributed by atoms with Crippen LogP contribution in [0.1, 0.15) is 47.6 Å². The fourth-order valence-electron chi connectivity index (χ4n) is 4.67. The molecule has 8 heteroatoms. The SMILES string of the molecule is Cc1cc(C(=O)N2CCCC3(CCC(=O)N(CCc4cnc[nH]4)C3)C2)n(C)n1. The number of aryl methyl sites for hydroxylation is 2. The van der Waals surface area contributed by atoms with Crippen molar-refractivity contribution in [2.75, 3.05) is 26.2 Å². The fourth-order valence-corrected chi connectivity index (χ4v) is 4.67. The first-order valence-electron chi connectivity index (χ1n) is 10.0. The van der Waals surface area contributed by atoms with Crippen LogP contribution in [0.5, 0.6) is 0 Å². The predicted octanol–water partition coefficient (Wildman–Crippen LogP) is 1.54. The Hall–Kier alpha value is -2.64. The zero-order valence-corrected chi connectivity index (χ0v) is 16.6.